The van der Waals surface area contributed by atoms with Crippen molar-refractivity contribution >= 4 is 5.69 Å². The first kappa shape index (κ1) is 13.1. The third-order valence-corrected chi connectivity index (χ3v) is 4.10. The Labute approximate surface area is 120 Å². The average molecular weight is 267 g/mol. The van der Waals surface area contributed by atoms with Gasteiger partial charge in [-0.25, -0.2) is 0 Å². The number of hydrogen-bond donors (Lipinski definition) is 0. The molecule has 1 fully saturated rings. The van der Waals surface area contributed by atoms with Gasteiger partial charge in [0.05, 0.1) is 5.69 Å². The lowest BCUT2D eigenvalue weighted by Crippen LogP contribution is -2.47. The zero-order valence-corrected chi connectivity index (χ0v) is 11.9. The maximum atomic E-state index is 4.48. The smallest absolute Gasteiger partial charge is 0.0572 e. The molecule has 1 unspecified atom stereocenters. The highest BCUT2D eigenvalue weighted by Crippen LogP contribution is 2.22. The molecule has 20 heavy (non-hydrogen) atoms. The molecule has 1 aliphatic heterocycles. The topological polar surface area (TPSA) is 19.4 Å². The quantitative estimate of drug-likeness (QED) is 0.852. The Morgan fingerprint density at radius 3 is 2.25 bits per heavy atom. The molecule has 0 N–H and O–H groups in total. The van der Waals surface area contributed by atoms with Crippen molar-refractivity contribution in [3.05, 3.63) is 60.4 Å². The molecule has 0 amide bonds. The van der Waals surface area contributed by atoms with Gasteiger partial charge in [0.15, 0.2) is 0 Å². The minimum absolute atomic E-state index is 0.397. The predicted octanol–water partition coefficient (Wildman–Crippen LogP) is 2.96. The van der Waals surface area contributed by atoms with Gasteiger partial charge in [-0.05, 0) is 31.2 Å². The van der Waals surface area contributed by atoms with Crippen LogP contribution in [0.25, 0.3) is 0 Å². The van der Waals surface area contributed by atoms with Crippen molar-refractivity contribution in [2.24, 2.45) is 0 Å². The monoisotopic (exact) mass is 267 g/mol. The van der Waals surface area contributed by atoms with Crippen LogP contribution in [-0.4, -0.2) is 36.1 Å². The summed E-state index contributed by atoms with van der Waals surface area (Å²) < 4.78 is 0. The first-order valence-electron chi connectivity index (χ1n) is 7.29. The van der Waals surface area contributed by atoms with Gasteiger partial charge in [0.1, 0.15) is 0 Å². The van der Waals surface area contributed by atoms with Gasteiger partial charge in [-0.3, -0.25) is 9.88 Å². The van der Waals surface area contributed by atoms with Gasteiger partial charge in [-0.1, -0.05) is 24.3 Å². The summed E-state index contributed by atoms with van der Waals surface area (Å²) in [5.41, 5.74) is 2.50. The van der Waals surface area contributed by atoms with Gasteiger partial charge in [0.2, 0.25) is 0 Å². The van der Waals surface area contributed by atoms with Crippen molar-refractivity contribution in [3.63, 3.8) is 0 Å². The van der Waals surface area contributed by atoms with Crippen LogP contribution >= 0.6 is 0 Å². The Hall–Kier alpha value is -1.87. The van der Waals surface area contributed by atoms with Crippen molar-refractivity contribution in [1.29, 1.82) is 0 Å². The fourth-order valence-electron chi connectivity index (χ4n) is 2.82. The number of benzene rings is 1. The molecule has 1 saturated heterocycles. The lowest BCUT2D eigenvalue weighted by atomic mass is 10.1. The molecule has 3 rings (SSSR count). The van der Waals surface area contributed by atoms with E-state index < -0.39 is 0 Å². The molecule has 0 aliphatic carbocycles. The summed E-state index contributed by atoms with van der Waals surface area (Å²) in [6.45, 7) is 6.60. The summed E-state index contributed by atoms with van der Waals surface area (Å²) in [6, 6.07) is 17.2. The van der Waals surface area contributed by atoms with E-state index in [1.807, 2.05) is 12.3 Å². The molecule has 1 aromatic heterocycles. The SMILES string of the molecule is CC(c1ccccn1)N1CCN(c2ccccc2)CC1. The molecule has 3 nitrogen and oxygen atoms in total. The second-order valence-corrected chi connectivity index (χ2v) is 5.29. The van der Waals surface area contributed by atoms with Gasteiger partial charge >= 0.3 is 0 Å². The Balaban J connectivity index is 1.61. The summed E-state index contributed by atoms with van der Waals surface area (Å²) in [4.78, 5) is 9.45. The number of piperazine rings is 1. The second kappa shape index (κ2) is 6.06. The fraction of sp³-hybridized carbons (Fsp3) is 0.353. The van der Waals surface area contributed by atoms with Crippen molar-refractivity contribution in [3.8, 4) is 0 Å². The minimum Gasteiger partial charge on any atom is -0.369 e. The Morgan fingerprint density at radius 1 is 0.900 bits per heavy atom. The summed E-state index contributed by atoms with van der Waals surface area (Å²) >= 11 is 0. The van der Waals surface area contributed by atoms with Crippen molar-refractivity contribution < 1.29 is 0 Å². The second-order valence-electron chi connectivity index (χ2n) is 5.29. The first-order chi connectivity index (χ1) is 9.84. The van der Waals surface area contributed by atoms with E-state index >= 15 is 0 Å². The number of rotatable bonds is 3. The first-order valence-corrected chi connectivity index (χ1v) is 7.29. The fourth-order valence-corrected chi connectivity index (χ4v) is 2.82. The Bertz CT molecular complexity index is 518. The summed E-state index contributed by atoms with van der Waals surface area (Å²) in [6.07, 6.45) is 1.88. The van der Waals surface area contributed by atoms with Crippen LogP contribution in [0.15, 0.2) is 54.7 Å². The van der Waals surface area contributed by atoms with E-state index in [2.05, 4.69) is 64.2 Å². The summed E-state index contributed by atoms with van der Waals surface area (Å²) in [5, 5.41) is 0. The van der Waals surface area contributed by atoms with Crippen LogP contribution in [0.1, 0.15) is 18.7 Å². The van der Waals surface area contributed by atoms with Gasteiger partial charge in [-0.2, -0.15) is 0 Å². The van der Waals surface area contributed by atoms with E-state index in [0.29, 0.717) is 6.04 Å². The van der Waals surface area contributed by atoms with E-state index in [9.17, 15) is 0 Å². The zero-order valence-electron chi connectivity index (χ0n) is 11.9. The van der Waals surface area contributed by atoms with Crippen LogP contribution in [0, 0.1) is 0 Å². The normalized spacial score (nSPS) is 17.9. The molecule has 3 heteroatoms. The van der Waals surface area contributed by atoms with Crippen LogP contribution < -0.4 is 4.90 Å². The molecule has 2 heterocycles. The highest BCUT2D eigenvalue weighted by atomic mass is 15.3. The Morgan fingerprint density at radius 2 is 1.60 bits per heavy atom. The largest absolute Gasteiger partial charge is 0.369 e. The van der Waals surface area contributed by atoms with Crippen LogP contribution in [0.3, 0.4) is 0 Å². The Kier molecular flexibility index (Phi) is 3.97. The number of nitrogens with zero attached hydrogens (tertiary/aromatic N) is 3. The lowest BCUT2D eigenvalue weighted by molar-refractivity contribution is 0.195. The average Bonchev–Trinajstić information content (AvgIpc) is 2.56. The maximum Gasteiger partial charge on any atom is 0.0572 e. The molecule has 0 spiro atoms. The van der Waals surface area contributed by atoms with Crippen LogP contribution in [0.5, 0.6) is 0 Å². The minimum atomic E-state index is 0.397. The molecule has 0 radical (unpaired) electrons. The van der Waals surface area contributed by atoms with E-state index in [-0.39, 0.29) is 0 Å². The standard InChI is InChI=1S/C17H21N3/c1-15(17-9-5-6-10-18-17)19-11-13-20(14-12-19)16-7-3-2-4-8-16/h2-10,15H,11-14H2,1H3. The van der Waals surface area contributed by atoms with E-state index in [1.54, 1.807) is 0 Å². The van der Waals surface area contributed by atoms with Crippen LogP contribution in [0.4, 0.5) is 5.69 Å². The van der Waals surface area contributed by atoms with Gasteiger partial charge in [0, 0.05) is 44.1 Å². The third kappa shape index (κ3) is 2.83. The van der Waals surface area contributed by atoms with E-state index in [1.165, 1.54) is 11.4 Å². The predicted molar refractivity (Wildman–Crippen MR) is 82.9 cm³/mol. The van der Waals surface area contributed by atoms with Gasteiger partial charge < -0.3 is 4.90 Å². The molecule has 0 bridgehead atoms. The lowest BCUT2D eigenvalue weighted by Gasteiger charge is -2.38. The number of hydrogen-bond acceptors (Lipinski definition) is 3. The molecule has 1 atom stereocenters. The van der Waals surface area contributed by atoms with Gasteiger partial charge in [-0.15, -0.1) is 0 Å². The van der Waals surface area contributed by atoms with Crippen molar-refractivity contribution in [1.82, 2.24) is 9.88 Å². The highest BCUT2D eigenvalue weighted by molar-refractivity contribution is 5.46. The van der Waals surface area contributed by atoms with E-state index in [4.69, 9.17) is 0 Å². The maximum absolute atomic E-state index is 4.48. The molecule has 1 aliphatic rings. The van der Waals surface area contributed by atoms with Gasteiger partial charge in [0.25, 0.3) is 0 Å². The molecule has 1 aromatic carbocycles. The highest BCUT2D eigenvalue weighted by Gasteiger charge is 2.22. The summed E-state index contributed by atoms with van der Waals surface area (Å²) in [7, 11) is 0. The van der Waals surface area contributed by atoms with Crippen molar-refractivity contribution in [2.75, 3.05) is 31.1 Å². The van der Waals surface area contributed by atoms with E-state index in [0.717, 1.165) is 26.2 Å². The third-order valence-electron chi connectivity index (χ3n) is 4.10. The molecular weight excluding hydrogens is 246 g/mol. The molecule has 0 saturated carbocycles. The van der Waals surface area contributed by atoms with Crippen LogP contribution in [0.2, 0.25) is 0 Å². The number of anilines is 1. The van der Waals surface area contributed by atoms with Crippen LogP contribution in [-0.2, 0) is 0 Å². The molecule has 104 valence electrons. The summed E-state index contributed by atoms with van der Waals surface area (Å²) in [5.74, 6) is 0. The zero-order chi connectivity index (χ0) is 13.8. The number of para-hydroxylation sites is 1. The molecule has 2 aromatic rings. The molecular formula is C17H21N3. The number of pyridine rings is 1. The van der Waals surface area contributed by atoms with Crippen molar-refractivity contribution in [2.45, 2.75) is 13.0 Å². The number of aromatic nitrogens is 1.